The Bertz CT molecular complexity index is 611. The number of hydrogen-bond donors (Lipinski definition) is 2. The Morgan fingerprint density at radius 1 is 1.52 bits per heavy atom. The predicted octanol–water partition coefficient (Wildman–Crippen LogP) is 1.86. The van der Waals surface area contributed by atoms with Crippen LogP contribution in [-0.4, -0.2) is 28.2 Å². The lowest BCUT2D eigenvalue weighted by atomic mass is 10.0. The molecule has 1 radical (unpaired) electrons. The number of H-pyrrole nitrogens is 1. The Hall–Kier alpha value is -2.35. The molecule has 0 aliphatic heterocycles. The Morgan fingerprint density at radius 2 is 2.29 bits per heavy atom. The average Bonchev–Trinajstić information content (AvgIpc) is 2.89. The highest BCUT2D eigenvalue weighted by atomic mass is 19.4. The summed E-state index contributed by atoms with van der Waals surface area (Å²) in [4.78, 5) is 18.8. The number of nitrogens with two attached hydrogens (primary N) is 1. The number of rotatable bonds is 5. The van der Waals surface area contributed by atoms with Crippen LogP contribution in [0.2, 0.25) is 0 Å². The van der Waals surface area contributed by atoms with Crippen LogP contribution in [0.25, 0.3) is 0 Å². The van der Waals surface area contributed by atoms with Crippen molar-refractivity contribution in [1.82, 2.24) is 9.97 Å². The summed E-state index contributed by atoms with van der Waals surface area (Å²) in [5.74, 6) is -1.36. The molecule has 8 heteroatoms. The van der Waals surface area contributed by atoms with Crippen LogP contribution in [0.3, 0.4) is 0 Å². The Kier molecular flexibility index (Phi) is 4.27. The first-order valence-corrected chi connectivity index (χ1v) is 5.90. The van der Waals surface area contributed by atoms with Crippen molar-refractivity contribution in [2.24, 2.45) is 5.73 Å². The molecule has 21 heavy (non-hydrogen) atoms. The van der Waals surface area contributed by atoms with Crippen LogP contribution >= 0.6 is 0 Å². The van der Waals surface area contributed by atoms with Crippen molar-refractivity contribution in [3.63, 3.8) is 0 Å². The number of ketones is 1. The summed E-state index contributed by atoms with van der Waals surface area (Å²) in [6.07, 6.45) is -1.83. The lowest BCUT2D eigenvalue weighted by molar-refractivity contribution is -0.274. The molecule has 111 valence electrons. The molecule has 3 N–H and O–H groups in total. The highest BCUT2D eigenvalue weighted by Crippen LogP contribution is 2.26. The molecule has 1 heterocycles. The fraction of sp³-hybridized carbons (Fsp3) is 0.231. The standard InChI is InChI=1S/C13H11F3N3O2/c14-13(15,16)21-11-4-2-1-3-9(11)12(20)10(17)5-8-6-18-7-19-8/h1-3,6-7,10H,5,17H2,(H,18,19)/t10-/m0/s1. The molecule has 0 bridgehead atoms. The molecule has 1 aromatic carbocycles. The van der Waals surface area contributed by atoms with E-state index in [1.54, 1.807) is 6.20 Å². The van der Waals surface area contributed by atoms with Crippen molar-refractivity contribution in [2.45, 2.75) is 18.8 Å². The fourth-order valence-electron chi connectivity index (χ4n) is 1.74. The molecule has 0 amide bonds. The number of nitrogens with zero attached hydrogens (tertiary/aromatic N) is 1. The predicted molar refractivity (Wildman–Crippen MR) is 66.6 cm³/mol. The number of halogens is 3. The van der Waals surface area contributed by atoms with Gasteiger partial charge in [0.1, 0.15) is 5.75 Å². The van der Waals surface area contributed by atoms with Crippen LogP contribution in [0, 0.1) is 6.07 Å². The second kappa shape index (κ2) is 5.96. The molecule has 0 saturated carbocycles. The number of carbonyl (C=O) groups is 1. The number of hydrogen-bond acceptors (Lipinski definition) is 4. The second-order valence-corrected chi connectivity index (χ2v) is 4.20. The van der Waals surface area contributed by atoms with E-state index in [2.05, 4.69) is 20.8 Å². The topological polar surface area (TPSA) is 81.0 Å². The number of nitrogens with one attached hydrogen (secondary N) is 1. The van der Waals surface area contributed by atoms with E-state index in [9.17, 15) is 18.0 Å². The van der Waals surface area contributed by atoms with Gasteiger partial charge in [0.2, 0.25) is 0 Å². The summed E-state index contributed by atoms with van der Waals surface area (Å²) < 4.78 is 40.7. The smallest absolute Gasteiger partial charge is 0.404 e. The maximum Gasteiger partial charge on any atom is 0.573 e. The molecule has 0 unspecified atom stereocenters. The van der Waals surface area contributed by atoms with Crippen LogP contribution in [0.4, 0.5) is 13.2 Å². The number of aromatic nitrogens is 2. The quantitative estimate of drug-likeness (QED) is 0.826. The third kappa shape index (κ3) is 4.06. The molecule has 0 aliphatic carbocycles. The summed E-state index contributed by atoms with van der Waals surface area (Å²) in [5.41, 5.74) is 5.99. The van der Waals surface area contributed by atoms with Crippen molar-refractivity contribution in [2.75, 3.05) is 0 Å². The van der Waals surface area contributed by atoms with Gasteiger partial charge in [-0.25, -0.2) is 4.98 Å². The molecule has 2 aromatic rings. The van der Waals surface area contributed by atoms with Crippen LogP contribution in [0.1, 0.15) is 16.1 Å². The van der Waals surface area contributed by atoms with Crippen molar-refractivity contribution in [3.8, 4) is 5.75 Å². The minimum absolute atomic E-state index is 0.0999. The summed E-state index contributed by atoms with van der Waals surface area (Å²) >= 11 is 0. The van der Waals surface area contributed by atoms with Gasteiger partial charge in [-0.05, 0) is 6.07 Å². The van der Waals surface area contributed by atoms with Crippen molar-refractivity contribution >= 4 is 5.78 Å². The molecule has 0 saturated heterocycles. The number of para-hydroxylation sites is 1. The third-order valence-electron chi connectivity index (χ3n) is 2.62. The number of benzene rings is 1. The summed E-state index contributed by atoms with van der Waals surface area (Å²) in [6, 6.07) is 5.04. The Labute approximate surface area is 117 Å². The maximum atomic E-state index is 12.3. The Morgan fingerprint density at radius 3 is 2.90 bits per heavy atom. The van der Waals surface area contributed by atoms with E-state index in [0.717, 1.165) is 0 Å². The van der Waals surface area contributed by atoms with Gasteiger partial charge in [-0.2, -0.15) is 0 Å². The lowest BCUT2D eigenvalue weighted by Gasteiger charge is -2.14. The van der Waals surface area contributed by atoms with Crippen LogP contribution < -0.4 is 10.5 Å². The molecule has 0 spiro atoms. The van der Waals surface area contributed by atoms with Gasteiger partial charge in [-0.3, -0.25) is 4.79 Å². The first kappa shape index (κ1) is 15.0. The normalized spacial score (nSPS) is 13.0. The van der Waals surface area contributed by atoms with Crippen molar-refractivity contribution in [3.05, 3.63) is 48.0 Å². The maximum absolute atomic E-state index is 12.3. The van der Waals surface area contributed by atoms with E-state index in [1.165, 1.54) is 24.5 Å². The first-order valence-electron chi connectivity index (χ1n) is 5.90. The number of ether oxygens (including phenoxy) is 1. The van der Waals surface area contributed by atoms with E-state index < -0.39 is 23.9 Å². The van der Waals surface area contributed by atoms with E-state index in [1.807, 2.05) is 0 Å². The van der Waals surface area contributed by atoms with Crippen molar-refractivity contribution < 1.29 is 22.7 Å². The summed E-state index contributed by atoms with van der Waals surface area (Å²) in [7, 11) is 0. The van der Waals surface area contributed by atoms with E-state index in [4.69, 9.17) is 5.73 Å². The van der Waals surface area contributed by atoms with Crippen LogP contribution in [0.5, 0.6) is 5.75 Å². The van der Waals surface area contributed by atoms with Gasteiger partial charge in [-0.15, -0.1) is 13.2 Å². The minimum atomic E-state index is -4.90. The third-order valence-corrected chi connectivity index (χ3v) is 2.62. The monoisotopic (exact) mass is 298 g/mol. The highest BCUT2D eigenvalue weighted by Gasteiger charge is 2.33. The van der Waals surface area contributed by atoms with Gasteiger partial charge in [0.25, 0.3) is 0 Å². The SMILES string of the molecule is N[C@@H](Cc1c[nH]cn1)C(=O)c1ccc[c]c1OC(F)(F)F. The molecule has 0 aliphatic rings. The van der Waals surface area contributed by atoms with Gasteiger partial charge >= 0.3 is 6.36 Å². The number of imidazole rings is 1. The molecular formula is C13H11F3N3O2. The van der Waals surface area contributed by atoms with Gasteiger partial charge in [0, 0.05) is 18.7 Å². The zero-order valence-corrected chi connectivity index (χ0v) is 10.6. The second-order valence-electron chi connectivity index (χ2n) is 4.20. The summed E-state index contributed by atoms with van der Waals surface area (Å²) in [5, 5.41) is 0. The molecule has 1 atom stereocenters. The van der Waals surface area contributed by atoms with E-state index in [-0.39, 0.29) is 12.0 Å². The van der Waals surface area contributed by atoms with Crippen molar-refractivity contribution in [1.29, 1.82) is 0 Å². The Balaban J connectivity index is 2.18. The molecule has 0 fully saturated rings. The zero-order valence-electron chi connectivity index (χ0n) is 10.6. The lowest BCUT2D eigenvalue weighted by Crippen LogP contribution is -2.33. The molecule has 2 rings (SSSR count). The highest BCUT2D eigenvalue weighted by molar-refractivity contribution is 6.02. The fourth-order valence-corrected chi connectivity index (χ4v) is 1.74. The number of aromatic amines is 1. The van der Waals surface area contributed by atoms with Gasteiger partial charge in [0.15, 0.2) is 5.78 Å². The first-order chi connectivity index (χ1) is 9.87. The van der Waals surface area contributed by atoms with Gasteiger partial charge in [0.05, 0.1) is 23.6 Å². The van der Waals surface area contributed by atoms with Gasteiger partial charge < -0.3 is 15.5 Å². The number of carbonyl (C=O) groups excluding carboxylic acids is 1. The zero-order chi connectivity index (χ0) is 15.5. The molecule has 5 nitrogen and oxygen atoms in total. The summed E-state index contributed by atoms with van der Waals surface area (Å²) in [6.45, 7) is 0. The van der Waals surface area contributed by atoms with Crippen LogP contribution in [0.15, 0.2) is 30.7 Å². The molecular weight excluding hydrogens is 287 g/mol. The van der Waals surface area contributed by atoms with E-state index in [0.29, 0.717) is 5.69 Å². The van der Waals surface area contributed by atoms with E-state index >= 15 is 0 Å². The van der Waals surface area contributed by atoms with Crippen LogP contribution in [-0.2, 0) is 6.42 Å². The molecule has 1 aromatic heterocycles. The number of alkyl halides is 3. The average molecular weight is 298 g/mol. The minimum Gasteiger partial charge on any atom is -0.404 e. The van der Waals surface area contributed by atoms with Gasteiger partial charge in [-0.1, -0.05) is 12.1 Å². The number of Topliss-reactive ketones (excluding diaryl/α,β-unsaturated/α-hetero) is 1. The largest absolute Gasteiger partial charge is 0.573 e.